The lowest BCUT2D eigenvalue weighted by molar-refractivity contribution is 0.845. The van der Waals surface area contributed by atoms with Gasteiger partial charge in [0, 0.05) is 16.9 Å². The molecule has 1 N–H and O–H groups in total. The first-order valence-corrected chi connectivity index (χ1v) is 8.89. The van der Waals surface area contributed by atoms with Gasteiger partial charge in [-0.25, -0.2) is 10.4 Å². The molecule has 1 aliphatic rings. The number of hydrogen-bond acceptors (Lipinski definition) is 5. The summed E-state index contributed by atoms with van der Waals surface area (Å²) in [7, 11) is 1.72. The highest BCUT2D eigenvalue weighted by Gasteiger charge is 2.22. The van der Waals surface area contributed by atoms with Crippen molar-refractivity contribution >= 4 is 45.3 Å². The standard InChI is InChI=1S/C17H15ClN4OS/c1-22-16(23)14-12-3-2-4-13(12)24-15(14)20-17(22)21-19-9-10-5-7-11(18)8-6-10/h5-9H,2-4H2,1H3,(H,20,21)/b19-9-. The number of halogens is 1. The van der Waals surface area contributed by atoms with E-state index in [2.05, 4.69) is 15.5 Å². The number of thiophene rings is 1. The molecule has 0 aliphatic heterocycles. The van der Waals surface area contributed by atoms with Crippen LogP contribution in [0.1, 0.15) is 22.4 Å². The number of aryl methyl sites for hydroxylation is 2. The average Bonchev–Trinajstić information content (AvgIpc) is 3.14. The number of benzene rings is 1. The molecule has 0 saturated carbocycles. The highest BCUT2D eigenvalue weighted by molar-refractivity contribution is 7.18. The van der Waals surface area contributed by atoms with Crippen molar-refractivity contribution in [1.29, 1.82) is 0 Å². The Hall–Kier alpha value is -2.18. The predicted octanol–water partition coefficient (Wildman–Crippen LogP) is 3.58. The maximum absolute atomic E-state index is 12.7. The third kappa shape index (κ3) is 2.61. The SMILES string of the molecule is Cn1c(N/N=C\c2ccc(Cl)cc2)nc2sc3c(c2c1=O)CCC3. The van der Waals surface area contributed by atoms with Crippen molar-refractivity contribution in [3.05, 3.63) is 55.6 Å². The summed E-state index contributed by atoms with van der Waals surface area (Å²) in [6.07, 6.45) is 4.83. The monoisotopic (exact) mass is 358 g/mol. The van der Waals surface area contributed by atoms with E-state index < -0.39 is 0 Å². The second-order valence-corrected chi connectivity index (χ2v) is 7.28. The van der Waals surface area contributed by atoms with E-state index in [9.17, 15) is 4.79 Å². The summed E-state index contributed by atoms with van der Waals surface area (Å²) in [6, 6.07) is 7.34. The van der Waals surface area contributed by atoms with Crippen LogP contribution >= 0.6 is 22.9 Å². The molecule has 0 fully saturated rings. The maximum Gasteiger partial charge on any atom is 0.263 e. The van der Waals surface area contributed by atoms with Crippen LogP contribution in [0.25, 0.3) is 10.2 Å². The Morgan fingerprint density at radius 1 is 1.33 bits per heavy atom. The summed E-state index contributed by atoms with van der Waals surface area (Å²) < 4.78 is 1.52. The molecule has 2 heterocycles. The number of nitrogens with one attached hydrogen (secondary N) is 1. The zero-order valence-corrected chi connectivity index (χ0v) is 14.6. The molecule has 4 rings (SSSR count). The van der Waals surface area contributed by atoms with E-state index in [0.717, 1.165) is 35.0 Å². The summed E-state index contributed by atoms with van der Waals surface area (Å²) in [5.41, 5.74) is 4.96. The average molecular weight is 359 g/mol. The summed E-state index contributed by atoms with van der Waals surface area (Å²) >= 11 is 7.48. The first kappa shape index (κ1) is 15.4. The van der Waals surface area contributed by atoms with Gasteiger partial charge in [0.2, 0.25) is 5.95 Å². The van der Waals surface area contributed by atoms with Crippen LogP contribution < -0.4 is 11.0 Å². The van der Waals surface area contributed by atoms with Crippen LogP contribution in [0.4, 0.5) is 5.95 Å². The molecular weight excluding hydrogens is 344 g/mol. The van der Waals surface area contributed by atoms with E-state index in [-0.39, 0.29) is 5.56 Å². The minimum Gasteiger partial charge on any atom is -0.280 e. The summed E-state index contributed by atoms with van der Waals surface area (Å²) in [5.74, 6) is 0.442. The number of nitrogens with zero attached hydrogens (tertiary/aromatic N) is 3. The van der Waals surface area contributed by atoms with Crippen molar-refractivity contribution in [3.8, 4) is 0 Å². The number of aromatic nitrogens is 2. The van der Waals surface area contributed by atoms with Gasteiger partial charge in [-0.15, -0.1) is 11.3 Å². The predicted molar refractivity (Wildman–Crippen MR) is 99.6 cm³/mol. The molecule has 1 aromatic carbocycles. The molecule has 0 atom stereocenters. The maximum atomic E-state index is 12.7. The van der Waals surface area contributed by atoms with Crippen LogP contribution in [0, 0.1) is 0 Å². The molecule has 1 aliphatic carbocycles. The Labute approximate surface area is 147 Å². The van der Waals surface area contributed by atoms with Crippen LogP contribution in [0.3, 0.4) is 0 Å². The fraction of sp³-hybridized carbons (Fsp3) is 0.235. The molecule has 24 heavy (non-hydrogen) atoms. The van der Waals surface area contributed by atoms with Crippen LogP contribution in [0.5, 0.6) is 0 Å². The number of hydrogen-bond donors (Lipinski definition) is 1. The van der Waals surface area contributed by atoms with Crippen molar-refractivity contribution in [1.82, 2.24) is 9.55 Å². The Kier molecular flexibility index (Phi) is 3.86. The van der Waals surface area contributed by atoms with Gasteiger partial charge in [0.15, 0.2) is 0 Å². The van der Waals surface area contributed by atoms with Crippen LogP contribution in [-0.4, -0.2) is 15.8 Å². The van der Waals surface area contributed by atoms with Crippen molar-refractivity contribution in [2.75, 3.05) is 5.43 Å². The van der Waals surface area contributed by atoms with Gasteiger partial charge in [-0.3, -0.25) is 9.36 Å². The van der Waals surface area contributed by atoms with E-state index in [1.165, 1.54) is 15.0 Å². The molecule has 0 spiro atoms. The van der Waals surface area contributed by atoms with Gasteiger partial charge < -0.3 is 0 Å². The molecule has 5 nitrogen and oxygen atoms in total. The first-order chi connectivity index (χ1) is 11.6. The number of anilines is 1. The highest BCUT2D eigenvalue weighted by Crippen LogP contribution is 2.35. The molecule has 0 amide bonds. The lowest BCUT2D eigenvalue weighted by atomic mass is 10.2. The minimum atomic E-state index is -0.0106. The van der Waals surface area contributed by atoms with Crippen LogP contribution in [-0.2, 0) is 19.9 Å². The second kappa shape index (κ2) is 6.03. The van der Waals surface area contributed by atoms with Crippen molar-refractivity contribution in [2.45, 2.75) is 19.3 Å². The number of rotatable bonds is 3. The number of fused-ring (bicyclic) bond motifs is 3. The quantitative estimate of drug-likeness (QED) is 0.575. The molecule has 0 bridgehead atoms. The molecule has 0 radical (unpaired) electrons. The van der Waals surface area contributed by atoms with Gasteiger partial charge in [0.1, 0.15) is 4.83 Å². The van der Waals surface area contributed by atoms with Crippen LogP contribution in [0.2, 0.25) is 5.02 Å². The van der Waals surface area contributed by atoms with Gasteiger partial charge in [-0.2, -0.15) is 5.10 Å². The van der Waals surface area contributed by atoms with Crippen molar-refractivity contribution < 1.29 is 0 Å². The zero-order chi connectivity index (χ0) is 16.7. The Bertz CT molecular complexity index is 1000. The fourth-order valence-corrected chi connectivity index (χ4v) is 4.32. The van der Waals surface area contributed by atoms with E-state index in [1.807, 2.05) is 12.1 Å². The van der Waals surface area contributed by atoms with Crippen molar-refractivity contribution in [2.24, 2.45) is 12.1 Å². The topological polar surface area (TPSA) is 59.3 Å². The molecule has 2 aromatic heterocycles. The normalized spacial score (nSPS) is 13.8. The van der Waals surface area contributed by atoms with Gasteiger partial charge in [0.05, 0.1) is 11.6 Å². The molecule has 3 aromatic rings. The summed E-state index contributed by atoms with van der Waals surface area (Å²) in [5, 5.41) is 5.64. The number of hydrazone groups is 1. The highest BCUT2D eigenvalue weighted by atomic mass is 35.5. The minimum absolute atomic E-state index is 0.0106. The Morgan fingerprint density at radius 3 is 2.92 bits per heavy atom. The fourth-order valence-electron chi connectivity index (χ4n) is 2.94. The third-order valence-corrected chi connectivity index (χ3v) is 5.63. The van der Waals surface area contributed by atoms with Gasteiger partial charge in [-0.05, 0) is 42.5 Å². The first-order valence-electron chi connectivity index (χ1n) is 7.69. The zero-order valence-electron chi connectivity index (χ0n) is 13.0. The lowest BCUT2D eigenvalue weighted by Crippen LogP contribution is -2.21. The van der Waals surface area contributed by atoms with E-state index in [0.29, 0.717) is 11.0 Å². The van der Waals surface area contributed by atoms with Gasteiger partial charge in [0.25, 0.3) is 5.56 Å². The third-order valence-electron chi connectivity index (χ3n) is 4.19. The van der Waals surface area contributed by atoms with E-state index in [4.69, 9.17) is 11.6 Å². The summed E-state index contributed by atoms with van der Waals surface area (Å²) in [6.45, 7) is 0. The van der Waals surface area contributed by atoms with Gasteiger partial charge in [-0.1, -0.05) is 23.7 Å². The smallest absolute Gasteiger partial charge is 0.263 e. The lowest BCUT2D eigenvalue weighted by Gasteiger charge is -2.06. The van der Waals surface area contributed by atoms with E-state index in [1.54, 1.807) is 36.7 Å². The molecule has 7 heteroatoms. The second-order valence-electron chi connectivity index (χ2n) is 5.76. The largest absolute Gasteiger partial charge is 0.280 e. The van der Waals surface area contributed by atoms with Gasteiger partial charge >= 0.3 is 0 Å². The Morgan fingerprint density at radius 2 is 2.12 bits per heavy atom. The van der Waals surface area contributed by atoms with Crippen molar-refractivity contribution in [3.63, 3.8) is 0 Å². The molecule has 0 saturated heterocycles. The summed E-state index contributed by atoms with van der Waals surface area (Å²) in [4.78, 5) is 19.3. The Balaban J connectivity index is 1.66. The van der Waals surface area contributed by atoms with Crippen LogP contribution in [0.15, 0.2) is 34.2 Å². The molecule has 0 unspecified atom stereocenters. The molecule has 122 valence electrons. The molecular formula is C17H15ClN4OS. The van der Waals surface area contributed by atoms with E-state index >= 15 is 0 Å².